The lowest BCUT2D eigenvalue weighted by atomic mass is 10.2. The maximum Gasteiger partial charge on any atom is 0.330 e. The van der Waals surface area contributed by atoms with Gasteiger partial charge in [0.05, 0.1) is 13.7 Å². The molecule has 20 heavy (non-hydrogen) atoms. The van der Waals surface area contributed by atoms with Gasteiger partial charge in [-0.1, -0.05) is 15.9 Å². The molecule has 1 aromatic carbocycles. The van der Waals surface area contributed by atoms with Crippen molar-refractivity contribution in [1.29, 1.82) is 0 Å². The van der Waals surface area contributed by atoms with Crippen LogP contribution in [0.5, 0.6) is 0 Å². The monoisotopic (exact) mass is 345 g/mol. The van der Waals surface area contributed by atoms with E-state index in [1.807, 2.05) is 0 Å². The number of halogens is 2. The number of methoxy groups -OCH3 is 1. The maximum absolute atomic E-state index is 13.4. The van der Waals surface area contributed by atoms with Crippen LogP contribution in [0.15, 0.2) is 28.7 Å². The third kappa shape index (κ3) is 4.75. The third-order valence-corrected chi connectivity index (χ3v) is 2.85. The summed E-state index contributed by atoms with van der Waals surface area (Å²) in [7, 11) is 1.14. The summed E-state index contributed by atoms with van der Waals surface area (Å²) in [5.41, 5.74) is 0.216. The lowest BCUT2D eigenvalue weighted by molar-refractivity contribution is -0.145. The normalized spacial score (nSPS) is 12.2. The van der Waals surface area contributed by atoms with Crippen LogP contribution in [0.3, 0.4) is 0 Å². The van der Waals surface area contributed by atoms with Crippen LogP contribution in [0.4, 0.5) is 4.39 Å². The summed E-state index contributed by atoms with van der Waals surface area (Å²) in [5, 5.41) is 11.2. The molecule has 0 aliphatic heterocycles. The van der Waals surface area contributed by atoms with Gasteiger partial charge < -0.3 is 15.2 Å². The summed E-state index contributed by atoms with van der Waals surface area (Å²) in [6, 6.07) is 3.14. The predicted molar refractivity (Wildman–Crippen MR) is 74.2 cm³/mol. The van der Waals surface area contributed by atoms with Gasteiger partial charge in [0.25, 0.3) is 0 Å². The van der Waals surface area contributed by atoms with E-state index in [0.717, 1.165) is 13.2 Å². The molecule has 2 N–H and O–H groups in total. The molecular formula is C13H13BrFNO4. The predicted octanol–water partition coefficient (Wildman–Crippen LogP) is 1.25. The molecule has 0 fully saturated rings. The fourth-order valence-electron chi connectivity index (χ4n) is 1.35. The van der Waals surface area contributed by atoms with E-state index in [9.17, 15) is 14.0 Å². The summed E-state index contributed by atoms with van der Waals surface area (Å²) in [5.74, 6) is -1.89. The number of benzene rings is 1. The van der Waals surface area contributed by atoms with Gasteiger partial charge in [-0.3, -0.25) is 4.79 Å². The Morgan fingerprint density at radius 3 is 2.85 bits per heavy atom. The Morgan fingerprint density at radius 2 is 2.25 bits per heavy atom. The molecular weight excluding hydrogens is 333 g/mol. The van der Waals surface area contributed by atoms with Crippen LogP contribution in [-0.4, -0.2) is 36.7 Å². The molecule has 0 unspecified atom stereocenters. The fraction of sp³-hybridized carbons (Fsp3) is 0.231. The zero-order chi connectivity index (χ0) is 15.1. The number of ether oxygens (including phenoxy) is 1. The minimum atomic E-state index is -1.15. The second-order valence-corrected chi connectivity index (χ2v) is 4.68. The van der Waals surface area contributed by atoms with E-state index in [0.29, 0.717) is 4.47 Å². The summed E-state index contributed by atoms with van der Waals surface area (Å²) >= 11 is 3.19. The maximum atomic E-state index is 13.4. The van der Waals surface area contributed by atoms with Gasteiger partial charge in [0.1, 0.15) is 5.82 Å². The molecule has 0 aliphatic carbocycles. The second kappa shape index (κ2) is 7.76. The van der Waals surface area contributed by atoms with Crippen molar-refractivity contribution in [3.8, 4) is 0 Å². The van der Waals surface area contributed by atoms with Gasteiger partial charge >= 0.3 is 5.97 Å². The Morgan fingerprint density at radius 1 is 1.55 bits per heavy atom. The van der Waals surface area contributed by atoms with E-state index >= 15 is 0 Å². The number of carbonyl (C=O) groups excluding carboxylic acids is 2. The molecule has 0 saturated heterocycles. The largest absolute Gasteiger partial charge is 0.467 e. The first-order chi connectivity index (χ1) is 9.47. The first-order valence-corrected chi connectivity index (χ1v) is 6.39. The zero-order valence-corrected chi connectivity index (χ0v) is 12.2. The number of esters is 1. The van der Waals surface area contributed by atoms with Crippen molar-refractivity contribution in [3.63, 3.8) is 0 Å². The summed E-state index contributed by atoms with van der Waals surface area (Å²) in [6.07, 6.45) is 2.33. The highest BCUT2D eigenvalue weighted by Gasteiger charge is 2.19. The quantitative estimate of drug-likeness (QED) is 0.622. The second-order valence-electron chi connectivity index (χ2n) is 3.77. The molecule has 0 heterocycles. The van der Waals surface area contributed by atoms with Gasteiger partial charge in [-0.25, -0.2) is 9.18 Å². The van der Waals surface area contributed by atoms with Crippen molar-refractivity contribution >= 4 is 33.9 Å². The standard InChI is InChI=1S/C13H13BrFNO4/c1-20-13(19)11(7-17)16-12(18)5-2-8-6-9(14)3-4-10(8)15/h2-6,11,17H,7H2,1H3,(H,16,18)/b5-2+/t11-/m0/s1. The van der Waals surface area contributed by atoms with Crippen LogP contribution in [0.2, 0.25) is 0 Å². The Hall–Kier alpha value is -1.73. The van der Waals surface area contributed by atoms with Gasteiger partial charge in [-0.2, -0.15) is 0 Å². The first kappa shape index (κ1) is 16.3. The van der Waals surface area contributed by atoms with E-state index in [1.165, 1.54) is 24.3 Å². The van der Waals surface area contributed by atoms with E-state index < -0.39 is 30.3 Å². The van der Waals surface area contributed by atoms with E-state index in [1.54, 1.807) is 0 Å². The number of aliphatic hydroxyl groups is 1. The smallest absolute Gasteiger partial charge is 0.330 e. The molecule has 0 spiro atoms. The zero-order valence-electron chi connectivity index (χ0n) is 10.6. The first-order valence-electron chi connectivity index (χ1n) is 5.60. The Balaban J connectivity index is 2.72. The summed E-state index contributed by atoms with van der Waals surface area (Å²) < 4.78 is 18.5. The Kier molecular flexibility index (Phi) is 6.33. The van der Waals surface area contributed by atoms with E-state index in [-0.39, 0.29) is 5.56 Å². The number of carbonyl (C=O) groups is 2. The SMILES string of the molecule is COC(=O)[C@H](CO)NC(=O)/C=C/c1cc(Br)ccc1F. The molecule has 1 aromatic rings. The molecule has 7 heteroatoms. The fourth-order valence-corrected chi connectivity index (χ4v) is 1.73. The molecule has 1 rings (SSSR count). The van der Waals surface area contributed by atoms with Gasteiger partial charge in [-0.15, -0.1) is 0 Å². The van der Waals surface area contributed by atoms with E-state index in [4.69, 9.17) is 5.11 Å². The number of rotatable bonds is 5. The highest BCUT2D eigenvalue weighted by molar-refractivity contribution is 9.10. The third-order valence-electron chi connectivity index (χ3n) is 2.36. The molecule has 0 bridgehead atoms. The Bertz CT molecular complexity index is 533. The van der Waals surface area contributed by atoms with Crippen molar-refractivity contribution in [2.75, 3.05) is 13.7 Å². The summed E-state index contributed by atoms with van der Waals surface area (Å²) in [6.45, 7) is -0.586. The molecule has 0 saturated carbocycles. The van der Waals surface area contributed by atoms with Crippen molar-refractivity contribution < 1.29 is 23.8 Å². The lowest BCUT2D eigenvalue weighted by Gasteiger charge is -2.11. The van der Waals surface area contributed by atoms with Crippen molar-refractivity contribution in [3.05, 3.63) is 40.1 Å². The topological polar surface area (TPSA) is 75.6 Å². The van der Waals surface area contributed by atoms with Crippen LogP contribution in [0.25, 0.3) is 6.08 Å². The number of hydrogen-bond acceptors (Lipinski definition) is 4. The van der Waals surface area contributed by atoms with Gasteiger partial charge in [0.15, 0.2) is 6.04 Å². The average molecular weight is 346 g/mol. The number of hydrogen-bond donors (Lipinski definition) is 2. The number of aliphatic hydroxyl groups excluding tert-OH is 1. The Labute approximate surface area is 123 Å². The number of amides is 1. The van der Waals surface area contributed by atoms with Crippen LogP contribution in [-0.2, 0) is 14.3 Å². The molecule has 1 atom stereocenters. The van der Waals surface area contributed by atoms with Crippen molar-refractivity contribution in [2.45, 2.75) is 6.04 Å². The summed E-state index contributed by atoms with van der Waals surface area (Å²) in [4.78, 5) is 22.7. The minimum absolute atomic E-state index is 0.216. The van der Waals surface area contributed by atoms with E-state index in [2.05, 4.69) is 26.0 Å². The molecule has 0 aromatic heterocycles. The molecule has 1 amide bonds. The highest BCUT2D eigenvalue weighted by Crippen LogP contribution is 2.16. The van der Waals surface area contributed by atoms with Crippen LogP contribution in [0, 0.1) is 5.82 Å². The highest BCUT2D eigenvalue weighted by atomic mass is 79.9. The lowest BCUT2D eigenvalue weighted by Crippen LogP contribution is -2.43. The average Bonchev–Trinajstić information content (AvgIpc) is 2.44. The molecule has 5 nitrogen and oxygen atoms in total. The molecule has 108 valence electrons. The molecule has 0 radical (unpaired) electrons. The van der Waals surface area contributed by atoms with Gasteiger partial charge in [0.2, 0.25) is 5.91 Å². The van der Waals surface area contributed by atoms with Crippen molar-refractivity contribution in [1.82, 2.24) is 5.32 Å². The van der Waals surface area contributed by atoms with Gasteiger partial charge in [0, 0.05) is 16.1 Å². The minimum Gasteiger partial charge on any atom is -0.467 e. The van der Waals surface area contributed by atoms with Crippen LogP contribution < -0.4 is 5.32 Å². The van der Waals surface area contributed by atoms with Crippen LogP contribution >= 0.6 is 15.9 Å². The number of nitrogens with one attached hydrogen (secondary N) is 1. The van der Waals surface area contributed by atoms with Gasteiger partial charge in [-0.05, 0) is 24.3 Å². The van der Waals surface area contributed by atoms with Crippen LogP contribution in [0.1, 0.15) is 5.56 Å². The molecule has 0 aliphatic rings. The van der Waals surface area contributed by atoms with Crippen molar-refractivity contribution in [2.24, 2.45) is 0 Å².